The van der Waals surface area contributed by atoms with Crippen molar-refractivity contribution in [1.29, 1.82) is 0 Å². The van der Waals surface area contributed by atoms with Crippen LogP contribution in [-0.4, -0.2) is 30.1 Å². The second-order valence-electron chi connectivity index (χ2n) is 5.05. The van der Waals surface area contributed by atoms with Crippen LogP contribution in [0, 0.1) is 0 Å². The molecule has 0 aliphatic heterocycles. The maximum atomic E-state index is 5.74. The zero-order valence-electron chi connectivity index (χ0n) is 12.0. The lowest BCUT2D eigenvalue weighted by Gasteiger charge is -2.30. The highest BCUT2D eigenvalue weighted by atomic mass is 32.1. The van der Waals surface area contributed by atoms with Gasteiger partial charge in [-0.2, -0.15) is 0 Å². The summed E-state index contributed by atoms with van der Waals surface area (Å²) in [4.78, 5) is 4.93. The second-order valence-corrected chi connectivity index (χ2v) is 6.30. The molecule has 2 N–H and O–H groups in total. The lowest BCUT2D eigenvalue weighted by Crippen LogP contribution is -2.39. The molecule has 0 aliphatic carbocycles. The molecule has 1 aromatic heterocycles. The van der Waals surface area contributed by atoms with Crippen LogP contribution in [0.25, 0.3) is 0 Å². The normalized spacial score (nSPS) is 12.0. The van der Waals surface area contributed by atoms with Crippen molar-refractivity contribution in [3.63, 3.8) is 0 Å². The van der Waals surface area contributed by atoms with Crippen molar-refractivity contribution in [3.05, 3.63) is 21.9 Å². The molecule has 4 heteroatoms. The molecular weight excluding hydrogens is 244 g/mol. The minimum atomic E-state index is 0.569. The van der Waals surface area contributed by atoms with Gasteiger partial charge < -0.3 is 10.5 Å². The fraction of sp³-hybridized carbons (Fsp3) is 0.714. The Bertz CT molecular complexity index is 328. The first kappa shape index (κ1) is 15.6. The van der Waals surface area contributed by atoms with E-state index in [1.165, 1.54) is 9.75 Å². The van der Waals surface area contributed by atoms with Gasteiger partial charge in [0.1, 0.15) is 0 Å². The van der Waals surface area contributed by atoms with E-state index in [1.807, 2.05) is 0 Å². The highest BCUT2D eigenvalue weighted by molar-refractivity contribution is 7.11. The topological polar surface area (TPSA) is 38.5 Å². The molecule has 1 rings (SSSR count). The molecular formula is C14H26N2OS. The van der Waals surface area contributed by atoms with E-state index in [0.717, 1.165) is 13.2 Å². The van der Waals surface area contributed by atoms with E-state index in [4.69, 9.17) is 10.5 Å². The van der Waals surface area contributed by atoms with Gasteiger partial charge >= 0.3 is 0 Å². The molecule has 0 saturated heterocycles. The smallest absolute Gasteiger partial charge is 0.0810 e. The first-order valence-corrected chi connectivity index (χ1v) is 7.47. The molecule has 0 bridgehead atoms. The minimum Gasteiger partial charge on any atom is -0.375 e. The molecule has 0 spiro atoms. The Kier molecular flexibility index (Phi) is 6.86. The molecule has 3 nitrogen and oxygen atoms in total. The number of nitrogens with zero attached hydrogens (tertiary/aromatic N) is 1. The fourth-order valence-corrected chi connectivity index (χ4v) is 2.90. The van der Waals surface area contributed by atoms with Gasteiger partial charge in [-0.3, -0.25) is 4.90 Å². The van der Waals surface area contributed by atoms with E-state index in [-0.39, 0.29) is 0 Å². The van der Waals surface area contributed by atoms with Crippen LogP contribution in [-0.2, 0) is 17.9 Å². The molecule has 0 aromatic carbocycles. The van der Waals surface area contributed by atoms with Gasteiger partial charge in [0, 0.05) is 34.9 Å². The van der Waals surface area contributed by atoms with Crippen LogP contribution in [0.4, 0.5) is 0 Å². The number of nitrogens with two attached hydrogens (primary N) is 1. The average Bonchev–Trinajstić information content (AvgIpc) is 2.75. The summed E-state index contributed by atoms with van der Waals surface area (Å²) in [5.41, 5.74) is 5.59. The maximum absolute atomic E-state index is 5.74. The van der Waals surface area contributed by atoms with Gasteiger partial charge in [0.05, 0.1) is 13.2 Å². The molecule has 0 aliphatic rings. The zero-order valence-corrected chi connectivity index (χ0v) is 12.8. The summed E-state index contributed by atoms with van der Waals surface area (Å²) in [6, 6.07) is 5.33. The Labute approximate surface area is 115 Å². The third-order valence-electron chi connectivity index (χ3n) is 2.98. The summed E-state index contributed by atoms with van der Waals surface area (Å²) < 4.78 is 5.74. The molecule has 18 heavy (non-hydrogen) atoms. The van der Waals surface area contributed by atoms with Gasteiger partial charge in [0.2, 0.25) is 0 Å². The van der Waals surface area contributed by atoms with Gasteiger partial charge in [0.15, 0.2) is 0 Å². The van der Waals surface area contributed by atoms with Crippen LogP contribution in [0.1, 0.15) is 37.4 Å². The monoisotopic (exact) mass is 270 g/mol. The first-order chi connectivity index (χ1) is 8.54. The first-order valence-electron chi connectivity index (χ1n) is 6.65. The van der Waals surface area contributed by atoms with Crippen molar-refractivity contribution >= 4 is 11.3 Å². The highest BCUT2D eigenvalue weighted by Gasteiger charge is 2.12. The zero-order chi connectivity index (χ0) is 13.5. The Morgan fingerprint density at radius 2 is 1.78 bits per heavy atom. The molecule has 1 heterocycles. The lowest BCUT2D eigenvalue weighted by atomic mass is 10.2. The van der Waals surface area contributed by atoms with Crippen LogP contribution < -0.4 is 5.73 Å². The molecule has 0 saturated carbocycles. The molecule has 0 amide bonds. The molecule has 0 unspecified atom stereocenters. The molecule has 0 radical (unpaired) electrons. The summed E-state index contributed by atoms with van der Waals surface area (Å²) in [5.74, 6) is 0. The Morgan fingerprint density at radius 1 is 1.17 bits per heavy atom. The van der Waals surface area contributed by atoms with Crippen LogP contribution in [0.2, 0.25) is 0 Å². The molecule has 0 atom stereocenters. The number of hydrogen-bond acceptors (Lipinski definition) is 4. The standard InChI is InChI=1S/C14H26N2OS/c1-11(2)16(12(3)4)7-8-17-10-14-6-5-13(9-15)18-14/h5-6,11-12H,7-10,15H2,1-4H3. The van der Waals surface area contributed by atoms with E-state index in [2.05, 4.69) is 44.7 Å². The molecule has 1 aromatic rings. The van der Waals surface area contributed by atoms with Gasteiger partial charge in [-0.15, -0.1) is 11.3 Å². The lowest BCUT2D eigenvalue weighted by molar-refractivity contribution is 0.0711. The van der Waals surface area contributed by atoms with Crippen molar-refractivity contribution in [2.75, 3.05) is 13.2 Å². The number of ether oxygens (including phenoxy) is 1. The predicted octanol–water partition coefficient (Wildman–Crippen LogP) is 2.84. The van der Waals surface area contributed by atoms with E-state index >= 15 is 0 Å². The van der Waals surface area contributed by atoms with Gasteiger partial charge in [-0.05, 0) is 39.8 Å². The SMILES string of the molecule is CC(C)N(CCOCc1ccc(CN)s1)C(C)C. The summed E-state index contributed by atoms with van der Waals surface area (Å²) in [7, 11) is 0. The van der Waals surface area contributed by atoms with Crippen LogP contribution in [0.5, 0.6) is 0 Å². The van der Waals surface area contributed by atoms with Crippen molar-refractivity contribution in [2.45, 2.75) is 52.9 Å². The Hall–Kier alpha value is -0.420. The van der Waals surface area contributed by atoms with Crippen LogP contribution >= 0.6 is 11.3 Å². The van der Waals surface area contributed by atoms with Gasteiger partial charge in [-0.1, -0.05) is 0 Å². The van der Waals surface area contributed by atoms with Crippen LogP contribution in [0.15, 0.2) is 12.1 Å². The van der Waals surface area contributed by atoms with Crippen molar-refractivity contribution < 1.29 is 4.74 Å². The highest BCUT2D eigenvalue weighted by Crippen LogP contribution is 2.16. The largest absolute Gasteiger partial charge is 0.375 e. The number of thiophene rings is 1. The van der Waals surface area contributed by atoms with Crippen LogP contribution in [0.3, 0.4) is 0 Å². The van der Waals surface area contributed by atoms with E-state index in [9.17, 15) is 0 Å². The van der Waals surface area contributed by atoms with E-state index < -0.39 is 0 Å². The third-order valence-corrected chi connectivity index (χ3v) is 4.06. The Balaban J connectivity index is 2.25. The minimum absolute atomic E-state index is 0.569. The summed E-state index contributed by atoms with van der Waals surface area (Å²) >= 11 is 1.74. The van der Waals surface area contributed by atoms with Crippen molar-refractivity contribution in [2.24, 2.45) is 5.73 Å². The van der Waals surface area contributed by atoms with E-state index in [1.54, 1.807) is 11.3 Å². The molecule has 0 fully saturated rings. The predicted molar refractivity (Wildman–Crippen MR) is 78.8 cm³/mol. The van der Waals surface area contributed by atoms with Gasteiger partial charge in [-0.25, -0.2) is 0 Å². The fourth-order valence-electron chi connectivity index (χ4n) is 2.07. The summed E-state index contributed by atoms with van der Waals surface area (Å²) in [6.45, 7) is 12.0. The maximum Gasteiger partial charge on any atom is 0.0810 e. The van der Waals surface area contributed by atoms with Crippen molar-refractivity contribution in [3.8, 4) is 0 Å². The summed E-state index contributed by atoms with van der Waals surface area (Å²) in [6.07, 6.45) is 0. The van der Waals surface area contributed by atoms with E-state index in [0.29, 0.717) is 25.2 Å². The average molecular weight is 270 g/mol. The molecule has 104 valence electrons. The van der Waals surface area contributed by atoms with Crippen molar-refractivity contribution in [1.82, 2.24) is 4.90 Å². The third kappa shape index (κ3) is 5.06. The number of hydrogen-bond donors (Lipinski definition) is 1. The second kappa shape index (κ2) is 7.89. The quantitative estimate of drug-likeness (QED) is 0.738. The summed E-state index contributed by atoms with van der Waals surface area (Å²) in [5, 5.41) is 0. The number of rotatable bonds is 8. The van der Waals surface area contributed by atoms with Gasteiger partial charge in [0.25, 0.3) is 0 Å². The Morgan fingerprint density at radius 3 is 2.28 bits per heavy atom.